The van der Waals surface area contributed by atoms with Crippen molar-refractivity contribution >= 4 is 5.84 Å². The third-order valence-electron chi connectivity index (χ3n) is 5.55. The van der Waals surface area contributed by atoms with Crippen molar-refractivity contribution in [3.05, 3.63) is 29.8 Å². The molecule has 1 unspecified atom stereocenters. The maximum Gasteiger partial charge on any atom is 0.170 e. The van der Waals surface area contributed by atoms with Gasteiger partial charge >= 0.3 is 0 Å². The molecule has 0 spiro atoms. The molecule has 1 aromatic rings. The van der Waals surface area contributed by atoms with Gasteiger partial charge in [0.2, 0.25) is 0 Å². The molecule has 0 radical (unpaired) electrons. The van der Waals surface area contributed by atoms with E-state index in [0.29, 0.717) is 25.4 Å². The number of nitrogens with two attached hydrogens (primary N) is 1. The van der Waals surface area contributed by atoms with Crippen molar-refractivity contribution in [3.63, 3.8) is 0 Å². The number of unbranched alkanes of at least 4 members (excludes halogenated alkanes) is 11. The van der Waals surface area contributed by atoms with E-state index >= 15 is 0 Å². The fraction of sp³-hybridized carbons (Fsp3) is 0.731. The van der Waals surface area contributed by atoms with Gasteiger partial charge in [0, 0.05) is 18.8 Å². The summed E-state index contributed by atoms with van der Waals surface area (Å²) in [5, 5.41) is 11.7. The summed E-state index contributed by atoms with van der Waals surface area (Å²) in [6, 6.07) is 7.12. The molecule has 0 bridgehead atoms. The number of rotatable bonds is 21. The first-order valence-electron chi connectivity index (χ1n) is 12.6. The monoisotopic (exact) mass is 450 g/mol. The van der Waals surface area contributed by atoms with E-state index in [-0.39, 0.29) is 11.9 Å². The number of amidine groups is 1. The summed E-state index contributed by atoms with van der Waals surface area (Å²) in [4.78, 5) is 0. The summed E-state index contributed by atoms with van der Waals surface area (Å²) in [6.07, 6.45) is 15.9. The van der Waals surface area contributed by atoms with Gasteiger partial charge in [0.15, 0.2) is 5.84 Å². The average molecular weight is 451 g/mol. The fourth-order valence-corrected chi connectivity index (χ4v) is 3.56. The predicted molar refractivity (Wildman–Crippen MR) is 132 cm³/mol. The van der Waals surface area contributed by atoms with Crippen molar-refractivity contribution in [3.8, 4) is 5.75 Å². The zero-order valence-electron chi connectivity index (χ0n) is 20.4. The summed E-state index contributed by atoms with van der Waals surface area (Å²) < 4.78 is 17.4. The molecule has 6 nitrogen and oxygen atoms in total. The Morgan fingerprint density at radius 1 is 0.844 bits per heavy atom. The highest BCUT2D eigenvalue weighted by Gasteiger charge is 2.11. The van der Waals surface area contributed by atoms with Crippen molar-refractivity contribution in [1.29, 1.82) is 0 Å². The fourth-order valence-electron chi connectivity index (χ4n) is 3.56. The van der Waals surface area contributed by atoms with Gasteiger partial charge in [-0.1, -0.05) is 82.7 Å². The normalized spacial score (nSPS) is 12.8. The van der Waals surface area contributed by atoms with Crippen LogP contribution in [0.25, 0.3) is 0 Å². The van der Waals surface area contributed by atoms with Gasteiger partial charge in [-0.2, -0.15) is 0 Å². The smallest absolute Gasteiger partial charge is 0.170 e. The lowest BCUT2D eigenvalue weighted by Crippen LogP contribution is -2.27. The highest BCUT2D eigenvalue weighted by atomic mass is 16.6. The number of hydrogen-bond acceptors (Lipinski definition) is 5. The highest BCUT2D eigenvalue weighted by molar-refractivity contribution is 5.97. The lowest BCUT2D eigenvalue weighted by Gasteiger charge is -2.18. The topological polar surface area (TPSA) is 86.3 Å². The minimum atomic E-state index is -0.0913. The van der Waals surface area contributed by atoms with E-state index in [9.17, 15) is 0 Å². The molecule has 32 heavy (non-hydrogen) atoms. The third-order valence-corrected chi connectivity index (χ3v) is 5.55. The molecule has 0 saturated heterocycles. The minimum Gasteiger partial charge on any atom is -0.491 e. The van der Waals surface area contributed by atoms with E-state index in [1.807, 2.05) is 6.92 Å². The van der Waals surface area contributed by atoms with Crippen LogP contribution in [0.2, 0.25) is 0 Å². The molecule has 1 rings (SSSR count). The first-order chi connectivity index (χ1) is 15.7. The van der Waals surface area contributed by atoms with Crippen LogP contribution in [0.1, 0.15) is 96.5 Å². The van der Waals surface area contributed by atoms with Gasteiger partial charge in [0.1, 0.15) is 18.5 Å². The zero-order valence-corrected chi connectivity index (χ0v) is 20.4. The standard InChI is InChI=1S/C26H46N2O4/c1-3-5-6-7-8-9-10-11-12-13-14-15-20-31-25(21-30-4-2)22-32-24-18-16-23(17-19-24)26(27)28-29/h16-19,25,29H,3-15,20-22H2,1-2H3,(H2,27,28). The number of nitrogens with zero attached hydrogens (tertiary/aromatic N) is 1. The molecular formula is C26H46N2O4. The Labute approximate surface area is 195 Å². The second-order valence-corrected chi connectivity index (χ2v) is 8.36. The van der Waals surface area contributed by atoms with Crippen LogP contribution in [0.3, 0.4) is 0 Å². The molecule has 3 N–H and O–H groups in total. The van der Waals surface area contributed by atoms with Gasteiger partial charge < -0.3 is 25.2 Å². The van der Waals surface area contributed by atoms with Crippen LogP contribution in [0.15, 0.2) is 29.4 Å². The minimum absolute atomic E-state index is 0.0801. The summed E-state index contributed by atoms with van der Waals surface area (Å²) in [5.74, 6) is 0.798. The van der Waals surface area contributed by atoms with E-state index in [0.717, 1.165) is 18.8 Å². The Morgan fingerprint density at radius 3 is 1.94 bits per heavy atom. The van der Waals surface area contributed by atoms with E-state index in [1.165, 1.54) is 70.6 Å². The molecule has 0 heterocycles. The van der Waals surface area contributed by atoms with Crippen LogP contribution >= 0.6 is 0 Å². The largest absolute Gasteiger partial charge is 0.491 e. The Morgan fingerprint density at radius 2 is 1.41 bits per heavy atom. The molecule has 1 aromatic carbocycles. The lowest BCUT2D eigenvalue weighted by atomic mass is 10.1. The van der Waals surface area contributed by atoms with Gasteiger partial charge in [0.05, 0.1) is 6.61 Å². The Hall–Kier alpha value is -1.79. The van der Waals surface area contributed by atoms with Crippen molar-refractivity contribution in [2.75, 3.05) is 26.4 Å². The van der Waals surface area contributed by atoms with E-state index in [2.05, 4.69) is 12.1 Å². The number of ether oxygens (including phenoxy) is 3. The van der Waals surface area contributed by atoms with Crippen molar-refractivity contribution in [2.45, 2.75) is 97.0 Å². The van der Waals surface area contributed by atoms with Crippen LogP contribution in [0.4, 0.5) is 0 Å². The molecule has 0 aromatic heterocycles. The van der Waals surface area contributed by atoms with E-state index < -0.39 is 0 Å². The molecule has 0 aliphatic rings. The van der Waals surface area contributed by atoms with E-state index in [1.54, 1.807) is 24.3 Å². The van der Waals surface area contributed by atoms with Gasteiger partial charge in [-0.05, 0) is 37.6 Å². The predicted octanol–water partition coefficient (Wildman–Crippen LogP) is 6.28. The van der Waals surface area contributed by atoms with Crippen LogP contribution in [-0.2, 0) is 9.47 Å². The molecular weight excluding hydrogens is 404 g/mol. The van der Waals surface area contributed by atoms with Gasteiger partial charge in [-0.3, -0.25) is 0 Å². The van der Waals surface area contributed by atoms with Crippen molar-refractivity contribution in [2.24, 2.45) is 10.9 Å². The van der Waals surface area contributed by atoms with Crippen LogP contribution in [0, 0.1) is 0 Å². The number of hydrogen-bond donors (Lipinski definition) is 2. The first-order valence-corrected chi connectivity index (χ1v) is 12.6. The van der Waals surface area contributed by atoms with E-state index in [4.69, 9.17) is 25.2 Å². The average Bonchev–Trinajstić information content (AvgIpc) is 2.83. The molecule has 184 valence electrons. The van der Waals surface area contributed by atoms with Crippen LogP contribution in [0.5, 0.6) is 5.75 Å². The maximum absolute atomic E-state index is 8.74. The van der Waals surface area contributed by atoms with Crippen LogP contribution < -0.4 is 10.5 Å². The summed E-state index contributed by atoms with van der Waals surface area (Å²) in [6.45, 7) is 6.60. The maximum atomic E-state index is 8.74. The highest BCUT2D eigenvalue weighted by Crippen LogP contribution is 2.14. The second kappa shape index (κ2) is 19.9. The van der Waals surface area contributed by atoms with Crippen molar-refractivity contribution < 1.29 is 19.4 Å². The lowest BCUT2D eigenvalue weighted by molar-refractivity contribution is -0.0359. The van der Waals surface area contributed by atoms with Crippen molar-refractivity contribution in [1.82, 2.24) is 0 Å². The molecule has 0 aliphatic heterocycles. The number of oxime groups is 1. The molecule has 6 heteroatoms. The zero-order chi connectivity index (χ0) is 23.3. The summed E-state index contributed by atoms with van der Waals surface area (Å²) in [7, 11) is 0. The van der Waals surface area contributed by atoms with Gasteiger partial charge in [0.25, 0.3) is 0 Å². The third kappa shape index (κ3) is 14.3. The quantitative estimate of drug-likeness (QED) is 0.0756. The molecule has 0 aliphatic carbocycles. The molecule has 0 amide bonds. The summed E-state index contributed by atoms with van der Waals surface area (Å²) in [5.41, 5.74) is 6.23. The summed E-state index contributed by atoms with van der Waals surface area (Å²) >= 11 is 0. The molecule has 0 saturated carbocycles. The SMILES string of the molecule is CCCCCCCCCCCCCCOC(COCC)COc1ccc(/C(N)=N/O)cc1. The Bertz CT molecular complexity index is 578. The molecule has 0 fully saturated rings. The Balaban J connectivity index is 2.12. The first kappa shape index (κ1) is 28.2. The van der Waals surface area contributed by atoms with Crippen LogP contribution in [-0.4, -0.2) is 43.6 Å². The Kier molecular flexibility index (Phi) is 17.5. The molecule has 1 atom stereocenters. The number of benzene rings is 1. The van der Waals surface area contributed by atoms with Gasteiger partial charge in [-0.25, -0.2) is 0 Å². The van der Waals surface area contributed by atoms with Gasteiger partial charge in [-0.15, -0.1) is 0 Å². The second-order valence-electron chi connectivity index (χ2n) is 8.36.